The number of phenols is 1. The molecule has 1 fully saturated rings. The Labute approximate surface area is 77.8 Å². The number of nitrogens with one attached hydrogen (secondary N) is 2. The van der Waals surface area contributed by atoms with Crippen LogP contribution in [0.1, 0.15) is 5.56 Å². The van der Waals surface area contributed by atoms with Crippen molar-refractivity contribution in [2.45, 2.75) is 12.6 Å². The summed E-state index contributed by atoms with van der Waals surface area (Å²) in [5.41, 5.74) is 0.967. The highest BCUT2D eigenvalue weighted by molar-refractivity contribution is 5.31. The summed E-state index contributed by atoms with van der Waals surface area (Å²) in [6.07, 6.45) is 0. The molecule has 0 amide bonds. The predicted octanol–water partition coefficient (Wildman–Crippen LogP) is 0.454. The smallest absolute Gasteiger partial charge is 0.120 e. The molecule has 13 heavy (non-hydrogen) atoms. The summed E-state index contributed by atoms with van der Waals surface area (Å²) in [5.74, 6) is 0.377. The van der Waals surface area contributed by atoms with Crippen molar-refractivity contribution in [1.29, 1.82) is 0 Å². The Balaban J connectivity index is 1.89. The molecule has 1 saturated heterocycles. The normalized spacial score (nSPS) is 16.9. The molecule has 0 radical (unpaired) electrons. The second-order valence-corrected chi connectivity index (χ2v) is 3.36. The summed E-state index contributed by atoms with van der Waals surface area (Å²) in [6, 6.07) is 8.00. The molecule has 70 valence electrons. The van der Waals surface area contributed by atoms with Gasteiger partial charge < -0.3 is 15.7 Å². The minimum absolute atomic E-state index is 0.377. The molecule has 0 atom stereocenters. The molecule has 1 aliphatic rings. The van der Waals surface area contributed by atoms with Crippen molar-refractivity contribution in [2.24, 2.45) is 0 Å². The van der Waals surface area contributed by atoms with Crippen LogP contribution in [-0.2, 0) is 6.54 Å². The van der Waals surface area contributed by atoms with Crippen LogP contribution >= 0.6 is 0 Å². The van der Waals surface area contributed by atoms with Gasteiger partial charge in [0.2, 0.25) is 0 Å². The molecular weight excluding hydrogens is 164 g/mol. The highest BCUT2D eigenvalue weighted by atomic mass is 16.3. The van der Waals surface area contributed by atoms with Crippen molar-refractivity contribution >= 4 is 0 Å². The molecule has 1 heterocycles. The van der Waals surface area contributed by atoms with Gasteiger partial charge in [0.1, 0.15) is 5.75 Å². The molecular formula is C10H14N2O. The summed E-state index contributed by atoms with van der Waals surface area (Å²) in [5, 5.41) is 16.0. The average Bonchev–Trinajstić information content (AvgIpc) is 2.05. The predicted molar refractivity (Wildman–Crippen MR) is 51.6 cm³/mol. The summed E-state index contributed by atoms with van der Waals surface area (Å²) in [4.78, 5) is 0. The Hall–Kier alpha value is -1.06. The lowest BCUT2D eigenvalue weighted by Crippen LogP contribution is -2.54. The average molecular weight is 178 g/mol. The SMILES string of the molecule is Oc1ccccc1CNC1CNC1. The zero-order chi connectivity index (χ0) is 9.10. The van der Waals surface area contributed by atoms with Crippen molar-refractivity contribution in [3.8, 4) is 5.75 Å². The Morgan fingerprint density at radius 2 is 2.15 bits per heavy atom. The van der Waals surface area contributed by atoms with Gasteiger partial charge in [0, 0.05) is 31.2 Å². The lowest BCUT2D eigenvalue weighted by atomic mass is 10.1. The first kappa shape index (κ1) is 8.53. The van der Waals surface area contributed by atoms with Crippen LogP contribution in [0.4, 0.5) is 0 Å². The number of hydrogen-bond acceptors (Lipinski definition) is 3. The molecule has 3 nitrogen and oxygen atoms in total. The van der Waals surface area contributed by atoms with Crippen molar-refractivity contribution in [2.75, 3.05) is 13.1 Å². The van der Waals surface area contributed by atoms with Crippen molar-refractivity contribution in [3.05, 3.63) is 29.8 Å². The van der Waals surface area contributed by atoms with Gasteiger partial charge in [-0.25, -0.2) is 0 Å². The van der Waals surface area contributed by atoms with Crippen LogP contribution in [0.2, 0.25) is 0 Å². The quantitative estimate of drug-likeness (QED) is 0.630. The lowest BCUT2D eigenvalue weighted by Gasteiger charge is -2.28. The molecule has 0 saturated carbocycles. The first-order valence-corrected chi connectivity index (χ1v) is 4.57. The molecule has 3 heteroatoms. The largest absolute Gasteiger partial charge is 0.508 e. The number of benzene rings is 1. The molecule has 2 rings (SSSR count). The van der Waals surface area contributed by atoms with Crippen LogP contribution in [0.5, 0.6) is 5.75 Å². The topological polar surface area (TPSA) is 44.3 Å². The Kier molecular flexibility index (Phi) is 2.47. The van der Waals surface area contributed by atoms with Crippen molar-refractivity contribution < 1.29 is 5.11 Å². The number of phenolic OH excluding ortho intramolecular Hbond substituents is 1. The van der Waals surface area contributed by atoms with E-state index in [0.29, 0.717) is 11.8 Å². The van der Waals surface area contributed by atoms with Gasteiger partial charge in [0.25, 0.3) is 0 Å². The fourth-order valence-electron chi connectivity index (χ4n) is 1.35. The van der Waals surface area contributed by atoms with E-state index in [9.17, 15) is 5.11 Å². The third-order valence-corrected chi connectivity index (χ3v) is 2.35. The van der Waals surface area contributed by atoms with Crippen LogP contribution in [0.25, 0.3) is 0 Å². The standard InChI is InChI=1S/C10H14N2O/c13-10-4-2-1-3-8(10)5-12-9-6-11-7-9/h1-4,9,11-13H,5-7H2. The number of hydrogen-bond donors (Lipinski definition) is 3. The monoisotopic (exact) mass is 178 g/mol. The highest BCUT2D eigenvalue weighted by Gasteiger charge is 2.15. The second kappa shape index (κ2) is 3.77. The summed E-state index contributed by atoms with van der Waals surface area (Å²) >= 11 is 0. The Morgan fingerprint density at radius 1 is 1.38 bits per heavy atom. The number of aromatic hydroxyl groups is 1. The van der Waals surface area contributed by atoms with E-state index in [4.69, 9.17) is 0 Å². The maximum absolute atomic E-state index is 9.46. The van der Waals surface area contributed by atoms with E-state index in [1.54, 1.807) is 6.07 Å². The molecule has 1 aliphatic heterocycles. The van der Waals surface area contributed by atoms with Gasteiger partial charge >= 0.3 is 0 Å². The molecule has 0 aliphatic carbocycles. The lowest BCUT2D eigenvalue weighted by molar-refractivity contribution is 0.362. The van der Waals surface area contributed by atoms with Crippen LogP contribution in [0.3, 0.4) is 0 Å². The fourth-order valence-corrected chi connectivity index (χ4v) is 1.35. The number of para-hydroxylation sites is 1. The van der Waals surface area contributed by atoms with Crippen LogP contribution in [-0.4, -0.2) is 24.2 Å². The number of rotatable bonds is 3. The minimum atomic E-state index is 0.377. The van der Waals surface area contributed by atoms with E-state index in [2.05, 4.69) is 10.6 Å². The molecule has 0 unspecified atom stereocenters. The van der Waals surface area contributed by atoms with E-state index in [1.807, 2.05) is 18.2 Å². The molecule has 3 N–H and O–H groups in total. The maximum atomic E-state index is 9.46. The molecule has 0 bridgehead atoms. The van der Waals surface area contributed by atoms with Crippen LogP contribution in [0.15, 0.2) is 24.3 Å². The van der Waals surface area contributed by atoms with Gasteiger partial charge in [-0.05, 0) is 6.07 Å². The summed E-state index contributed by atoms with van der Waals surface area (Å²) < 4.78 is 0. The van der Waals surface area contributed by atoms with Crippen LogP contribution in [0, 0.1) is 0 Å². The first-order valence-electron chi connectivity index (χ1n) is 4.57. The fraction of sp³-hybridized carbons (Fsp3) is 0.400. The van der Waals surface area contributed by atoms with Crippen molar-refractivity contribution in [3.63, 3.8) is 0 Å². The van der Waals surface area contributed by atoms with Gasteiger partial charge in [-0.1, -0.05) is 18.2 Å². The third kappa shape index (κ3) is 1.99. The van der Waals surface area contributed by atoms with Crippen LogP contribution < -0.4 is 10.6 Å². The van der Waals surface area contributed by atoms with Gasteiger partial charge in [0.05, 0.1) is 0 Å². The van der Waals surface area contributed by atoms with Crippen molar-refractivity contribution in [1.82, 2.24) is 10.6 Å². The van der Waals surface area contributed by atoms with E-state index >= 15 is 0 Å². The highest BCUT2D eigenvalue weighted by Crippen LogP contribution is 2.15. The minimum Gasteiger partial charge on any atom is -0.508 e. The van der Waals surface area contributed by atoms with E-state index in [-0.39, 0.29) is 0 Å². The zero-order valence-corrected chi connectivity index (χ0v) is 7.46. The molecule has 1 aromatic carbocycles. The van der Waals surface area contributed by atoms with Gasteiger partial charge in [-0.2, -0.15) is 0 Å². The Bertz CT molecular complexity index is 284. The maximum Gasteiger partial charge on any atom is 0.120 e. The second-order valence-electron chi connectivity index (χ2n) is 3.36. The summed E-state index contributed by atoms with van der Waals surface area (Å²) in [6.45, 7) is 2.82. The Morgan fingerprint density at radius 3 is 2.77 bits per heavy atom. The van der Waals surface area contributed by atoms with Gasteiger partial charge in [0.15, 0.2) is 0 Å². The van der Waals surface area contributed by atoms with Gasteiger partial charge in [-0.3, -0.25) is 0 Å². The third-order valence-electron chi connectivity index (χ3n) is 2.35. The molecule has 0 spiro atoms. The molecule has 0 aromatic heterocycles. The van der Waals surface area contributed by atoms with Gasteiger partial charge in [-0.15, -0.1) is 0 Å². The molecule has 1 aromatic rings. The van der Waals surface area contributed by atoms with E-state index in [1.165, 1.54) is 0 Å². The summed E-state index contributed by atoms with van der Waals surface area (Å²) in [7, 11) is 0. The van der Waals surface area contributed by atoms with E-state index < -0.39 is 0 Å². The first-order chi connectivity index (χ1) is 6.36. The zero-order valence-electron chi connectivity index (χ0n) is 7.46. The van der Waals surface area contributed by atoms with E-state index in [0.717, 1.165) is 25.2 Å².